The van der Waals surface area contributed by atoms with Gasteiger partial charge in [0.15, 0.2) is 11.7 Å². The van der Waals surface area contributed by atoms with Crippen molar-refractivity contribution in [2.75, 3.05) is 26.3 Å². The molecule has 1 fully saturated rings. The molecule has 3 aromatic rings. The number of H-pyrrole nitrogens is 1. The third kappa shape index (κ3) is 3.29. The number of aromatic amines is 1. The van der Waals surface area contributed by atoms with Crippen LogP contribution >= 0.6 is 11.6 Å². The van der Waals surface area contributed by atoms with Crippen molar-refractivity contribution in [2.24, 2.45) is 9.98 Å². The van der Waals surface area contributed by atoms with E-state index in [4.69, 9.17) is 16.3 Å². The highest BCUT2D eigenvalue weighted by atomic mass is 35.5. The van der Waals surface area contributed by atoms with Crippen molar-refractivity contribution in [3.63, 3.8) is 0 Å². The molecule has 2 aliphatic rings. The van der Waals surface area contributed by atoms with Crippen LogP contribution in [0.1, 0.15) is 5.56 Å². The quantitative estimate of drug-likeness (QED) is 0.642. The van der Waals surface area contributed by atoms with Crippen LogP contribution in [0.25, 0.3) is 17.0 Å². The number of sulfonamides is 1. The molecule has 1 saturated heterocycles. The van der Waals surface area contributed by atoms with Gasteiger partial charge in [-0.05, 0) is 42.5 Å². The summed E-state index contributed by atoms with van der Waals surface area (Å²) in [6, 6.07) is 9.94. The highest BCUT2D eigenvalue weighted by Gasteiger charge is 2.27. The fourth-order valence-electron chi connectivity index (χ4n) is 3.57. The van der Waals surface area contributed by atoms with Gasteiger partial charge in [-0.1, -0.05) is 11.6 Å². The van der Waals surface area contributed by atoms with Crippen LogP contribution in [0.15, 0.2) is 57.1 Å². The van der Waals surface area contributed by atoms with Gasteiger partial charge in [0.1, 0.15) is 0 Å². The molecule has 0 unspecified atom stereocenters. The lowest BCUT2D eigenvalue weighted by Crippen LogP contribution is -2.40. The Kier molecular flexibility index (Phi) is 4.62. The standard InChI is InChI=1S/C20H17ClN4O4S/c21-12-1-3-17-18(9-12)23-19(22-17)11-15-14-10-13(2-4-16(14)24-20(15)26)30(27,28)25-5-7-29-8-6-25/h1-4,9-11,24,26H,5-8H2/b19-11-. The average molecular weight is 445 g/mol. The molecule has 2 aliphatic heterocycles. The van der Waals surface area contributed by atoms with Crippen molar-refractivity contribution in [3.8, 4) is 5.88 Å². The van der Waals surface area contributed by atoms with E-state index in [1.54, 1.807) is 36.4 Å². The monoisotopic (exact) mass is 444 g/mol. The van der Waals surface area contributed by atoms with E-state index in [-0.39, 0.29) is 10.8 Å². The second kappa shape index (κ2) is 7.21. The summed E-state index contributed by atoms with van der Waals surface area (Å²) < 4.78 is 32.7. The van der Waals surface area contributed by atoms with Crippen LogP contribution in [0.3, 0.4) is 0 Å². The first-order valence-electron chi connectivity index (χ1n) is 9.29. The van der Waals surface area contributed by atoms with Crippen molar-refractivity contribution < 1.29 is 18.3 Å². The Hall–Kier alpha value is -2.72. The Morgan fingerprint density at radius 1 is 1.10 bits per heavy atom. The molecule has 10 heteroatoms. The highest BCUT2D eigenvalue weighted by Crippen LogP contribution is 2.32. The zero-order valence-corrected chi connectivity index (χ0v) is 17.2. The van der Waals surface area contributed by atoms with Gasteiger partial charge in [-0.2, -0.15) is 4.31 Å². The molecular formula is C20H17ClN4O4S. The van der Waals surface area contributed by atoms with Gasteiger partial charge in [0.2, 0.25) is 10.0 Å². The molecule has 8 nitrogen and oxygen atoms in total. The molecule has 154 valence electrons. The number of fused-ring (bicyclic) bond motifs is 2. The largest absolute Gasteiger partial charge is 0.494 e. The Morgan fingerprint density at radius 3 is 2.67 bits per heavy atom. The third-order valence-electron chi connectivity index (χ3n) is 5.08. The summed E-state index contributed by atoms with van der Waals surface area (Å²) in [5.41, 5.74) is 1.03. The number of morpholine rings is 1. The first kappa shape index (κ1) is 19.3. The topological polar surface area (TPSA) is 107 Å². The predicted octanol–water partition coefficient (Wildman–Crippen LogP) is 1.80. The number of ether oxygens (including phenoxy) is 1. The van der Waals surface area contributed by atoms with E-state index < -0.39 is 10.0 Å². The number of halogens is 1. The number of nitrogens with one attached hydrogen (secondary N) is 1. The van der Waals surface area contributed by atoms with E-state index in [1.807, 2.05) is 0 Å². The number of nitrogens with zero attached hydrogens (tertiary/aromatic N) is 3. The number of hydrogen-bond donors (Lipinski definition) is 2. The van der Waals surface area contributed by atoms with E-state index in [0.717, 1.165) is 0 Å². The maximum absolute atomic E-state index is 13.0. The van der Waals surface area contributed by atoms with E-state index in [2.05, 4.69) is 15.0 Å². The zero-order valence-electron chi connectivity index (χ0n) is 15.7. The Balaban J connectivity index is 1.60. The smallest absolute Gasteiger partial charge is 0.243 e. The van der Waals surface area contributed by atoms with Crippen molar-refractivity contribution in [1.82, 2.24) is 9.29 Å². The zero-order chi connectivity index (χ0) is 20.9. The summed E-state index contributed by atoms with van der Waals surface area (Å²) in [5.74, 6) is 0.308. The molecule has 0 radical (unpaired) electrons. The van der Waals surface area contributed by atoms with Crippen molar-refractivity contribution in [2.45, 2.75) is 4.90 Å². The molecule has 0 saturated carbocycles. The average Bonchev–Trinajstić information content (AvgIpc) is 3.28. The minimum absolute atomic E-state index is 0.0854. The molecule has 3 heterocycles. The van der Waals surface area contributed by atoms with Crippen molar-refractivity contribution >= 4 is 38.6 Å². The fraction of sp³-hybridized carbons (Fsp3) is 0.200. The number of benzene rings is 2. The van der Waals surface area contributed by atoms with Gasteiger partial charge in [0.25, 0.3) is 0 Å². The highest BCUT2D eigenvalue weighted by molar-refractivity contribution is 7.89. The van der Waals surface area contributed by atoms with Gasteiger partial charge < -0.3 is 14.8 Å². The van der Waals surface area contributed by atoms with Crippen LogP contribution in [0.5, 0.6) is 5.88 Å². The maximum Gasteiger partial charge on any atom is 0.243 e. The number of aromatic nitrogens is 1. The van der Waals surface area contributed by atoms with Gasteiger partial charge in [-0.3, -0.25) is 0 Å². The lowest BCUT2D eigenvalue weighted by Gasteiger charge is -2.26. The summed E-state index contributed by atoms with van der Waals surface area (Å²) in [6.45, 7) is 1.37. The normalized spacial score (nSPS) is 18.4. The Labute approximate surface area is 176 Å². The summed E-state index contributed by atoms with van der Waals surface area (Å²) in [7, 11) is -3.66. The molecule has 5 rings (SSSR count). The molecular weight excluding hydrogens is 428 g/mol. The molecule has 0 bridgehead atoms. The van der Waals surface area contributed by atoms with E-state index in [9.17, 15) is 13.5 Å². The second-order valence-electron chi connectivity index (χ2n) is 6.97. The first-order valence-corrected chi connectivity index (χ1v) is 11.1. The Morgan fingerprint density at radius 2 is 1.87 bits per heavy atom. The molecule has 0 atom stereocenters. The second-order valence-corrected chi connectivity index (χ2v) is 9.34. The molecule has 0 amide bonds. The van der Waals surface area contributed by atoms with E-state index >= 15 is 0 Å². The van der Waals surface area contributed by atoms with Crippen LogP contribution < -0.4 is 10.7 Å². The van der Waals surface area contributed by atoms with Crippen molar-refractivity contribution in [1.29, 1.82) is 0 Å². The van der Waals surface area contributed by atoms with E-state index in [1.165, 1.54) is 10.4 Å². The first-order chi connectivity index (χ1) is 14.4. The summed E-state index contributed by atoms with van der Waals surface area (Å²) >= 11 is 6.01. The predicted molar refractivity (Wildman–Crippen MR) is 111 cm³/mol. The van der Waals surface area contributed by atoms with Crippen molar-refractivity contribution in [3.05, 3.63) is 63.5 Å². The molecule has 2 aromatic carbocycles. The van der Waals surface area contributed by atoms with Crippen LogP contribution in [0.2, 0.25) is 5.02 Å². The van der Waals surface area contributed by atoms with Gasteiger partial charge in [-0.25, -0.2) is 18.4 Å². The SMILES string of the molecule is O=S(=O)(c1ccc2[nH]c(O)c(/C=C3/N=c4ccc(Cl)cc4=N3)c2c1)N1CCOCC1. The molecule has 30 heavy (non-hydrogen) atoms. The number of aromatic hydroxyl groups is 1. The van der Waals surface area contributed by atoms with Gasteiger partial charge in [0.05, 0.1) is 28.8 Å². The molecule has 1 aromatic heterocycles. The van der Waals surface area contributed by atoms with Crippen LogP contribution in [0.4, 0.5) is 0 Å². The van der Waals surface area contributed by atoms with Crippen LogP contribution in [-0.2, 0) is 14.8 Å². The minimum atomic E-state index is -3.66. The fourth-order valence-corrected chi connectivity index (χ4v) is 5.17. The summed E-state index contributed by atoms with van der Waals surface area (Å²) in [4.78, 5) is 11.9. The molecule has 0 spiro atoms. The van der Waals surface area contributed by atoms with Crippen LogP contribution in [-0.4, -0.2) is 49.1 Å². The molecule has 0 aliphatic carbocycles. The van der Waals surface area contributed by atoms with Gasteiger partial charge in [-0.15, -0.1) is 0 Å². The minimum Gasteiger partial charge on any atom is -0.494 e. The molecule has 2 N–H and O–H groups in total. The maximum atomic E-state index is 13.0. The van der Waals surface area contributed by atoms with E-state index in [0.29, 0.717) is 64.3 Å². The van der Waals surface area contributed by atoms with Gasteiger partial charge >= 0.3 is 0 Å². The summed E-state index contributed by atoms with van der Waals surface area (Å²) in [6.07, 6.45) is 1.62. The lowest BCUT2D eigenvalue weighted by molar-refractivity contribution is 0.0730. The number of rotatable bonds is 3. The number of hydrogen-bond acceptors (Lipinski definition) is 6. The summed E-state index contributed by atoms with van der Waals surface area (Å²) in [5, 5.41) is 12.9. The van der Waals surface area contributed by atoms with Crippen LogP contribution in [0, 0.1) is 0 Å². The lowest BCUT2D eigenvalue weighted by atomic mass is 10.1. The Bertz CT molecular complexity index is 1420. The third-order valence-corrected chi connectivity index (χ3v) is 7.21. The van der Waals surface area contributed by atoms with Gasteiger partial charge in [0, 0.05) is 34.6 Å².